The van der Waals surface area contributed by atoms with Gasteiger partial charge in [-0.05, 0) is 122 Å². The number of hydrogen-bond acceptors (Lipinski definition) is 9. The van der Waals surface area contributed by atoms with Crippen molar-refractivity contribution in [1.29, 1.82) is 0 Å². The third-order valence-corrected chi connectivity index (χ3v) is 14.9. The third kappa shape index (κ3) is 9.30. The Morgan fingerprint density at radius 1 is 0.627 bits per heavy atom. The van der Waals surface area contributed by atoms with Crippen LogP contribution in [0.2, 0.25) is 0 Å². The molecule has 1 aliphatic carbocycles. The Kier molecular flexibility index (Phi) is 13.5. The summed E-state index contributed by atoms with van der Waals surface area (Å²) in [6.45, 7) is 8.79. The molecule has 1 saturated carbocycles. The molecule has 0 bridgehead atoms. The summed E-state index contributed by atoms with van der Waals surface area (Å²) in [5.74, 6) is 1.48. The number of ether oxygens (including phenoxy) is 2. The molecule has 15 nitrogen and oxygen atoms in total. The van der Waals surface area contributed by atoms with Gasteiger partial charge in [0.25, 0.3) is 5.91 Å². The second-order valence-electron chi connectivity index (χ2n) is 19.8. The number of nitrogens with one attached hydrogen (secondary N) is 4. The average molecular weight is 914 g/mol. The number of likely N-dealkylation sites (tertiary alicyclic amines) is 2. The second kappa shape index (κ2) is 19.6. The fraction of sp³-hybridized carbons (Fsp3) is 0.538. The van der Waals surface area contributed by atoms with Gasteiger partial charge in [0, 0.05) is 25.8 Å². The van der Waals surface area contributed by atoms with Crippen molar-refractivity contribution in [3.05, 3.63) is 89.0 Å². The van der Waals surface area contributed by atoms with Crippen LogP contribution in [0.1, 0.15) is 157 Å². The number of aromatic amines is 2. The lowest BCUT2D eigenvalue weighted by atomic mass is 9.84. The lowest BCUT2D eigenvalue weighted by molar-refractivity contribution is -0.143. The SMILES string of the molecule is CNC(=O)O[C@H](C(=O)N1CCC[C@H]1c1nc2ccc([C@H]3CC[C@H](c4ccc5nc([C@@H]6CCCN6C(=O)[C@@H](NC(=O)OC)C(C)C)[nH]c5c4)N3c3ccc(C4CCCCC4)cc3)cc2[nH]1)C(C)C. The van der Waals surface area contributed by atoms with Crippen LogP contribution >= 0.6 is 0 Å². The Morgan fingerprint density at radius 3 is 1.67 bits per heavy atom. The van der Waals surface area contributed by atoms with Gasteiger partial charge in [-0.3, -0.25) is 9.59 Å². The average Bonchev–Trinajstić information content (AvgIpc) is 4.20. The number of imidazole rings is 2. The van der Waals surface area contributed by atoms with Crippen molar-refractivity contribution in [3.63, 3.8) is 0 Å². The quantitative estimate of drug-likeness (QED) is 0.0949. The first-order valence-corrected chi connectivity index (χ1v) is 24.6. The van der Waals surface area contributed by atoms with Crippen LogP contribution in [0.15, 0.2) is 60.7 Å². The molecule has 4 N–H and O–H groups in total. The van der Waals surface area contributed by atoms with E-state index in [1.807, 2.05) is 37.5 Å². The van der Waals surface area contributed by atoms with E-state index < -0.39 is 24.3 Å². The molecule has 5 aromatic rings. The summed E-state index contributed by atoms with van der Waals surface area (Å²) in [7, 11) is 2.80. The molecule has 5 heterocycles. The maximum Gasteiger partial charge on any atom is 0.407 e. The predicted octanol–water partition coefficient (Wildman–Crippen LogP) is 9.66. The number of carbonyl (C=O) groups excluding carboxylic acids is 4. The van der Waals surface area contributed by atoms with Crippen molar-refractivity contribution in [3.8, 4) is 0 Å². The largest absolute Gasteiger partial charge is 0.453 e. The van der Waals surface area contributed by atoms with E-state index >= 15 is 0 Å². The van der Waals surface area contributed by atoms with Crippen molar-refractivity contribution < 1.29 is 28.7 Å². The smallest absolute Gasteiger partial charge is 0.407 e. The first-order valence-electron chi connectivity index (χ1n) is 24.6. The van der Waals surface area contributed by atoms with Crippen LogP contribution in [0.25, 0.3) is 22.1 Å². The zero-order valence-corrected chi connectivity index (χ0v) is 39.8. The van der Waals surface area contributed by atoms with E-state index in [1.54, 1.807) is 0 Å². The summed E-state index contributed by atoms with van der Waals surface area (Å²) in [6, 6.07) is 21.4. The predicted molar refractivity (Wildman–Crippen MR) is 257 cm³/mol. The summed E-state index contributed by atoms with van der Waals surface area (Å²) in [4.78, 5) is 75.8. The Labute approximate surface area is 393 Å². The maximum absolute atomic E-state index is 13.9. The molecule has 9 rings (SSSR count). The van der Waals surface area contributed by atoms with Crippen molar-refractivity contribution in [1.82, 2.24) is 40.4 Å². The van der Waals surface area contributed by atoms with Crippen molar-refractivity contribution in [2.45, 2.75) is 141 Å². The number of amides is 4. The lowest BCUT2D eigenvalue weighted by Gasteiger charge is -2.34. The minimum absolute atomic E-state index is 0.0819. The Hall–Kier alpha value is -6.12. The molecule has 0 radical (unpaired) electrons. The number of anilines is 1. The first-order chi connectivity index (χ1) is 32.4. The number of methoxy groups -OCH3 is 1. The van der Waals surface area contributed by atoms with Crippen molar-refractivity contribution in [2.75, 3.05) is 32.1 Å². The van der Waals surface area contributed by atoms with Crippen LogP contribution in [0, 0.1) is 11.8 Å². The molecule has 2 aromatic heterocycles. The van der Waals surface area contributed by atoms with Gasteiger partial charge in [-0.15, -0.1) is 0 Å². The molecular formula is C52H67N9O6. The van der Waals surface area contributed by atoms with Crippen molar-refractivity contribution in [2.24, 2.45) is 11.8 Å². The van der Waals surface area contributed by atoms with Crippen LogP contribution in [0.5, 0.6) is 0 Å². The Balaban J connectivity index is 1.01. The van der Waals surface area contributed by atoms with Gasteiger partial charge in [0.2, 0.25) is 5.91 Å². The number of carbonyl (C=O) groups is 4. The van der Waals surface area contributed by atoms with Gasteiger partial charge in [-0.1, -0.05) is 71.2 Å². The number of fused-ring (bicyclic) bond motifs is 2. The monoisotopic (exact) mass is 914 g/mol. The zero-order chi connectivity index (χ0) is 46.9. The van der Waals surface area contributed by atoms with Crippen LogP contribution in [-0.2, 0) is 19.1 Å². The normalized spacial score (nSPS) is 22.2. The number of nitrogens with zero attached hydrogens (tertiary/aromatic N) is 5. The first kappa shape index (κ1) is 46.0. The van der Waals surface area contributed by atoms with E-state index in [0.717, 1.165) is 72.2 Å². The van der Waals surface area contributed by atoms with E-state index in [4.69, 9.17) is 19.4 Å². The van der Waals surface area contributed by atoms with E-state index in [0.29, 0.717) is 19.0 Å². The van der Waals surface area contributed by atoms with Crippen LogP contribution in [0.4, 0.5) is 15.3 Å². The maximum atomic E-state index is 13.9. The summed E-state index contributed by atoms with van der Waals surface area (Å²) in [6.07, 6.45) is 9.38. The standard InChI is InChI=1S/C52H67N9O6/c1-30(2)45(58-52(65)66-6)49(62)59-26-10-14-43(59)47-54-37-22-18-34(28-39(37)56-47)41-24-25-42(61(41)36-20-16-33(17-21-36)32-12-8-7-9-13-32)35-19-23-38-40(29-35)57-48(55-38)44-15-11-27-60(44)50(63)46(31(3)4)67-51(64)53-5/h16-23,28-32,41-46H,7-15,24-27H2,1-6H3,(H,53,64)(H,54,56)(H,55,57)(H,58,65)/t41-,42-,43+,44+,45+,46+/m1/s1. The molecule has 4 aliphatic rings. The van der Waals surface area contributed by atoms with Gasteiger partial charge >= 0.3 is 12.2 Å². The van der Waals surface area contributed by atoms with E-state index in [1.165, 1.54) is 68.6 Å². The Morgan fingerprint density at radius 2 is 1.16 bits per heavy atom. The molecule has 356 valence electrons. The molecule has 15 heteroatoms. The Bertz CT molecular complexity index is 2430. The molecule has 4 fully saturated rings. The summed E-state index contributed by atoms with van der Waals surface area (Å²) in [5.41, 5.74) is 8.55. The van der Waals surface area contributed by atoms with Gasteiger partial charge in [-0.2, -0.15) is 0 Å². The minimum atomic E-state index is -0.889. The van der Waals surface area contributed by atoms with Gasteiger partial charge in [-0.25, -0.2) is 19.6 Å². The number of alkyl carbamates (subject to hydrolysis) is 2. The van der Waals surface area contributed by atoms with Gasteiger partial charge in [0.15, 0.2) is 6.10 Å². The highest BCUT2D eigenvalue weighted by Gasteiger charge is 2.41. The molecule has 3 aromatic carbocycles. The van der Waals surface area contributed by atoms with Gasteiger partial charge in [0.05, 0.1) is 53.3 Å². The molecule has 0 unspecified atom stereocenters. The molecule has 4 amide bonds. The highest BCUT2D eigenvalue weighted by molar-refractivity contribution is 5.87. The van der Waals surface area contributed by atoms with Crippen LogP contribution in [-0.4, -0.2) is 93.1 Å². The fourth-order valence-electron chi connectivity index (χ4n) is 11.3. The minimum Gasteiger partial charge on any atom is -0.453 e. The highest BCUT2D eigenvalue weighted by atomic mass is 16.6. The molecular weight excluding hydrogens is 847 g/mol. The number of rotatable bonds is 12. The van der Waals surface area contributed by atoms with Crippen LogP contribution in [0.3, 0.4) is 0 Å². The summed E-state index contributed by atoms with van der Waals surface area (Å²) >= 11 is 0. The third-order valence-electron chi connectivity index (χ3n) is 14.9. The zero-order valence-electron chi connectivity index (χ0n) is 39.8. The summed E-state index contributed by atoms with van der Waals surface area (Å²) < 4.78 is 10.4. The van der Waals surface area contributed by atoms with Crippen LogP contribution < -0.4 is 15.5 Å². The van der Waals surface area contributed by atoms with E-state index in [-0.39, 0.29) is 47.8 Å². The number of H-pyrrole nitrogens is 2. The fourth-order valence-corrected chi connectivity index (χ4v) is 11.3. The highest BCUT2D eigenvalue weighted by Crippen LogP contribution is 2.48. The van der Waals surface area contributed by atoms with E-state index in [9.17, 15) is 19.2 Å². The second-order valence-corrected chi connectivity index (χ2v) is 19.8. The molecule has 3 saturated heterocycles. The van der Waals surface area contributed by atoms with Crippen molar-refractivity contribution >= 4 is 51.8 Å². The molecule has 67 heavy (non-hydrogen) atoms. The lowest BCUT2D eigenvalue weighted by Crippen LogP contribution is -2.51. The molecule has 3 aliphatic heterocycles. The molecule has 6 atom stereocenters. The number of aromatic nitrogens is 4. The van der Waals surface area contributed by atoms with E-state index in [2.05, 4.69) is 86.2 Å². The van der Waals surface area contributed by atoms with Gasteiger partial charge < -0.3 is 44.8 Å². The number of benzene rings is 3. The molecule has 0 spiro atoms. The van der Waals surface area contributed by atoms with Gasteiger partial charge in [0.1, 0.15) is 17.7 Å². The summed E-state index contributed by atoms with van der Waals surface area (Å²) in [5, 5.41) is 5.23. The topological polar surface area (TPSA) is 178 Å². The number of hydrogen-bond donors (Lipinski definition) is 4.